The lowest BCUT2D eigenvalue weighted by atomic mass is 10.2. The van der Waals surface area contributed by atoms with Gasteiger partial charge in [-0.05, 0) is 50.2 Å². The fourth-order valence-corrected chi connectivity index (χ4v) is 3.13. The molecule has 0 aliphatic carbocycles. The normalized spacial score (nSPS) is 10.6. The van der Waals surface area contributed by atoms with Crippen molar-refractivity contribution >= 4 is 23.4 Å². The van der Waals surface area contributed by atoms with Crippen LogP contribution in [0.3, 0.4) is 0 Å². The molecule has 0 bridgehead atoms. The number of anilines is 1. The molecule has 152 valence electrons. The van der Waals surface area contributed by atoms with E-state index in [1.54, 1.807) is 36.5 Å². The first kappa shape index (κ1) is 20.7. The third-order valence-electron chi connectivity index (χ3n) is 3.78. The lowest BCUT2D eigenvalue weighted by Crippen LogP contribution is -2.15. The van der Waals surface area contributed by atoms with E-state index in [9.17, 15) is 9.18 Å². The van der Waals surface area contributed by atoms with Crippen molar-refractivity contribution in [3.8, 4) is 22.8 Å². The maximum Gasteiger partial charge on any atom is 0.256 e. The number of carbonyl (C=O) groups is 1. The zero-order valence-electron chi connectivity index (χ0n) is 16.1. The minimum absolute atomic E-state index is 0.105. The van der Waals surface area contributed by atoms with Gasteiger partial charge in [-0.15, -0.1) is 0 Å². The van der Waals surface area contributed by atoms with Crippen LogP contribution in [0.1, 0.15) is 13.8 Å². The van der Waals surface area contributed by atoms with Gasteiger partial charge in [-0.2, -0.15) is 0 Å². The molecule has 1 N–H and O–H groups in total. The Hall–Kier alpha value is -3.00. The molecule has 0 fully saturated rings. The maximum absolute atomic E-state index is 13.0. The summed E-state index contributed by atoms with van der Waals surface area (Å²) in [5.74, 6) is 1.29. The van der Waals surface area contributed by atoms with E-state index < -0.39 is 0 Å². The Bertz CT molecular complexity index is 960. The monoisotopic (exact) mass is 416 g/mol. The van der Waals surface area contributed by atoms with Crippen LogP contribution in [0.15, 0.2) is 58.3 Å². The fourth-order valence-electron chi connectivity index (χ4n) is 2.53. The number of carbonyl (C=O) groups excluding carboxylic acids is 1. The number of oxazole rings is 1. The van der Waals surface area contributed by atoms with E-state index in [2.05, 4.69) is 10.3 Å². The molecule has 0 saturated carbocycles. The zero-order chi connectivity index (χ0) is 20.6. The van der Waals surface area contributed by atoms with Gasteiger partial charge in [-0.1, -0.05) is 11.8 Å². The largest absolute Gasteiger partial charge is 0.494 e. The quantitative estimate of drug-likeness (QED) is 0.495. The number of benzene rings is 2. The van der Waals surface area contributed by atoms with Gasteiger partial charge in [0.2, 0.25) is 5.91 Å². The van der Waals surface area contributed by atoms with E-state index >= 15 is 0 Å². The van der Waals surface area contributed by atoms with E-state index in [0.29, 0.717) is 46.9 Å². The molecule has 3 aromatic rings. The number of hydrogen-bond acceptors (Lipinski definition) is 6. The minimum Gasteiger partial charge on any atom is -0.494 e. The van der Waals surface area contributed by atoms with Crippen LogP contribution < -0.4 is 14.8 Å². The molecular weight excluding hydrogens is 395 g/mol. The molecule has 0 aliphatic heterocycles. The summed E-state index contributed by atoms with van der Waals surface area (Å²) in [6.45, 7) is 4.77. The Kier molecular flexibility index (Phi) is 7.13. The predicted octanol–water partition coefficient (Wildman–Crippen LogP) is 5.01. The van der Waals surface area contributed by atoms with Crippen LogP contribution >= 0.6 is 11.8 Å². The first-order valence-electron chi connectivity index (χ1n) is 9.13. The molecule has 29 heavy (non-hydrogen) atoms. The SMILES string of the molecule is CCOc1ccc(OCC)c(NC(=O)CSc2ncc(-c3ccc(F)cc3)o2)c1. The summed E-state index contributed by atoms with van der Waals surface area (Å²) < 4.78 is 29.7. The molecule has 3 rings (SSSR count). The number of rotatable bonds is 9. The average molecular weight is 416 g/mol. The van der Waals surface area contributed by atoms with Crippen LogP contribution in [0.5, 0.6) is 11.5 Å². The minimum atomic E-state index is -0.320. The van der Waals surface area contributed by atoms with Crippen LogP contribution in [-0.2, 0) is 4.79 Å². The first-order chi connectivity index (χ1) is 14.1. The zero-order valence-corrected chi connectivity index (χ0v) is 16.9. The molecule has 8 heteroatoms. The Morgan fingerprint density at radius 3 is 2.62 bits per heavy atom. The van der Waals surface area contributed by atoms with Gasteiger partial charge < -0.3 is 19.2 Å². The predicted molar refractivity (Wildman–Crippen MR) is 110 cm³/mol. The highest BCUT2D eigenvalue weighted by molar-refractivity contribution is 7.99. The van der Waals surface area contributed by atoms with Crippen molar-refractivity contribution in [2.45, 2.75) is 19.1 Å². The van der Waals surface area contributed by atoms with Crippen molar-refractivity contribution in [3.05, 3.63) is 54.5 Å². The third-order valence-corrected chi connectivity index (χ3v) is 4.62. The molecule has 0 spiro atoms. The number of thioether (sulfide) groups is 1. The van der Waals surface area contributed by atoms with Gasteiger partial charge in [0.05, 0.1) is 30.9 Å². The molecule has 1 heterocycles. The second kappa shape index (κ2) is 9.97. The molecule has 6 nitrogen and oxygen atoms in total. The topological polar surface area (TPSA) is 73.6 Å². The number of ether oxygens (including phenoxy) is 2. The van der Waals surface area contributed by atoms with Crippen LogP contribution in [0, 0.1) is 5.82 Å². The van der Waals surface area contributed by atoms with Gasteiger partial charge in [0.15, 0.2) is 5.76 Å². The van der Waals surface area contributed by atoms with Gasteiger partial charge in [0, 0.05) is 11.6 Å². The number of hydrogen-bond donors (Lipinski definition) is 1. The second-order valence-electron chi connectivity index (χ2n) is 5.86. The van der Waals surface area contributed by atoms with Crippen molar-refractivity contribution in [2.24, 2.45) is 0 Å². The Morgan fingerprint density at radius 1 is 1.14 bits per heavy atom. The summed E-state index contributed by atoms with van der Waals surface area (Å²) in [6.07, 6.45) is 1.55. The van der Waals surface area contributed by atoms with Crippen molar-refractivity contribution < 1.29 is 23.1 Å². The second-order valence-corrected chi connectivity index (χ2v) is 6.78. The van der Waals surface area contributed by atoms with Gasteiger partial charge >= 0.3 is 0 Å². The fraction of sp³-hybridized carbons (Fsp3) is 0.238. The number of amides is 1. The number of nitrogens with zero attached hydrogens (tertiary/aromatic N) is 1. The van der Waals surface area contributed by atoms with Crippen molar-refractivity contribution in [2.75, 3.05) is 24.3 Å². The summed E-state index contributed by atoms with van der Waals surface area (Å²) in [6, 6.07) is 11.2. The molecule has 0 saturated heterocycles. The molecule has 1 amide bonds. The highest BCUT2D eigenvalue weighted by Crippen LogP contribution is 2.30. The summed E-state index contributed by atoms with van der Waals surface area (Å²) in [5.41, 5.74) is 1.26. The van der Waals surface area contributed by atoms with Gasteiger partial charge in [0.1, 0.15) is 17.3 Å². The molecule has 0 aliphatic rings. The van der Waals surface area contributed by atoms with Crippen LogP contribution in [0.2, 0.25) is 0 Å². The van der Waals surface area contributed by atoms with Crippen LogP contribution in [0.4, 0.5) is 10.1 Å². The van der Waals surface area contributed by atoms with E-state index in [4.69, 9.17) is 13.9 Å². The molecular formula is C21H21FN2O4S. The van der Waals surface area contributed by atoms with Gasteiger partial charge in [0.25, 0.3) is 5.22 Å². The van der Waals surface area contributed by atoms with Crippen molar-refractivity contribution in [3.63, 3.8) is 0 Å². The summed E-state index contributed by atoms with van der Waals surface area (Å²) in [7, 11) is 0. The third kappa shape index (κ3) is 5.74. The van der Waals surface area contributed by atoms with E-state index in [0.717, 1.165) is 11.8 Å². The lowest BCUT2D eigenvalue weighted by molar-refractivity contribution is -0.113. The molecule has 1 aromatic heterocycles. The summed E-state index contributed by atoms with van der Waals surface area (Å²) in [5, 5.41) is 3.19. The number of aromatic nitrogens is 1. The summed E-state index contributed by atoms with van der Waals surface area (Å²) >= 11 is 1.16. The smallest absolute Gasteiger partial charge is 0.256 e. The Labute approximate surface area is 172 Å². The first-order valence-corrected chi connectivity index (χ1v) is 10.1. The Morgan fingerprint density at radius 2 is 1.90 bits per heavy atom. The molecule has 2 aromatic carbocycles. The molecule has 0 radical (unpaired) electrons. The van der Waals surface area contributed by atoms with Gasteiger partial charge in [-0.3, -0.25) is 4.79 Å². The number of nitrogens with one attached hydrogen (secondary N) is 1. The van der Waals surface area contributed by atoms with Crippen molar-refractivity contribution in [1.29, 1.82) is 0 Å². The van der Waals surface area contributed by atoms with E-state index in [1.165, 1.54) is 12.1 Å². The standard InChI is InChI=1S/C21H21FN2O4S/c1-3-26-16-9-10-18(27-4-2)17(11-16)24-20(25)13-29-21-23-12-19(28-21)14-5-7-15(22)8-6-14/h5-12H,3-4,13H2,1-2H3,(H,24,25). The van der Waals surface area contributed by atoms with Gasteiger partial charge in [-0.25, -0.2) is 9.37 Å². The maximum atomic E-state index is 13.0. The van der Waals surface area contributed by atoms with Crippen molar-refractivity contribution in [1.82, 2.24) is 4.98 Å². The highest BCUT2D eigenvalue weighted by atomic mass is 32.2. The molecule has 0 atom stereocenters. The van der Waals surface area contributed by atoms with Crippen LogP contribution in [0.25, 0.3) is 11.3 Å². The molecule has 0 unspecified atom stereocenters. The van der Waals surface area contributed by atoms with E-state index in [1.807, 2.05) is 13.8 Å². The van der Waals surface area contributed by atoms with Crippen LogP contribution in [-0.4, -0.2) is 29.9 Å². The average Bonchev–Trinajstić information content (AvgIpc) is 3.18. The Balaban J connectivity index is 1.61. The number of halogens is 1. The van der Waals surface area contributed by atoms with E-state index in [-0.39, 0.29) is 17.5 Å². The lowest BCUT2D eigenvalue weighted by Gasteiger charge is -2.13. The highest BCUT2D eigenvalue weighted by Gasteiger charge is 2.13. The summed E-state index contributed by atoms with van der Waals surface area (Å²) in [4.78, 5) is 16.5.